The van der Waals surface area contributed by atoms with Gasteiger partial charge in [0.2, 0.25) is 0 Å². The topological polar surface area (TPSA) is 43.4 Å². The summed E-state index contributed by atoms with van der Waals surface area (Å²) in [5.41, 5.74) is 42.3. The van der Waals surface area contributed by atoms with Crippen LogP contribution in [0.2, 0.25) is 0 Å². The number of ether oxygens (including phenoxy) is 4. The number of para-hydroxylation sites is 2. The highest BCUT2D eigenvalue weighted by molar-refractivity contribution is 7.03. The molecule has 12 aromatic rings. The van der Waals surface area contributed by atoms with Crippen molar-refractivity contribution in [3.05, 3.63) is 253 Å². The van der Waals surface area contributed by atoms with Crippen molar-refractivity contribution < 1.29 is 18.9 Å². The number of hydrogen-bond donors (Lipinski definition) is 0. The van der Waals surface area contributed by atoms with Crippen molar-refractivity contribution in [1.82, 2.24) is 0 Å². The molecule has 6 nitrogen and oxygen atoms in total. The molecule has 464 valence electrons. The molecule has 0 saturated heterocycles. The first kappa shape index (κ1) is 58.2. The van der Waals surface area contributed by atoms with Crippen LogP contribution in [-0.4, -0.2) is 20.1 Å². The van der Waals surface area contributed by atoms with E-state index in [1.165, 1.54) is 117 Å². The Morgan fingerprint density at radius 2 is 0.510 bits per heavy atom. The fraction of sp³-hybridized carbons (Fsp3) is 0.172. The molecule has 0 radical (unpaired) electrons. The van der Waals surface area contributed by atoms with Crippen LogP contribution >= 0.6 is 0 Å². The molecule has 0 spiro atoms. The number of anilines is 6. The molecule has 9 heteroatoms. The Morgan fingerprint density at radius 3 is 0.844 bits per heavy atom. The van der Waals surface area contributed by atoms with Gasteiger partial charge in [0.15, 0.2) is 0 Å². The monoisotopic (exact) mass is 1240 g/mol. The average molecular weight is 1240 g/mol. The van der Waals surface area contributed by atoms with E-state index in [9.17, 15) is 0 Å². The molecule has 0 N–H and O–H groups in total. The predicted octanol–water partition coefficient (Wildman–Crippen LogP) is 16.9. The molecule has 0 saturated carbocycles. The van der Waals surface area contributed by atoms with Crippen LogP contribution in [0, 0.1) is 104 Å². The van der Waals surface area contributed by atoms with Gasteiger partial charge in [-0.1, -0.05) is 137 Å². The highest BCUT2D eigenvalue weighted by Gasteiger charge is 2.50. The van der Waals surface area contributed by atoms with Gasteiger partial charge in [-0.15, -0.1) is 0 Å². The summed E-state index contributed by atoms with van der Waals surface area (Å²) in [6.45, 7) is 33.0. The van der Waals surface area contributed by atoms with Gasteiger partial charge in [0, 0.05) is 45.8 Å². The second-order valence-electron chi connectivity index (χ2n) is 28.9. The summed E-state index contributed by atoms with van der Waals surface area (Å²) < 4.78 is 29.5. The van der Waals surface area contributed by atoms with E-state index in [0.29, 0.717) is 0 Å². The molecular formula is C87H73B3N2O4. The van der Waals surface area contributed by atoms with Crippen LogP contribution in [0.3, 0.4) is 0 Å². The van der Waals surface area contributed by atoms with E-state index < -0.39 is 0 Å². The van der Waals surface area contributed by atoms with E-state index in [2.05, 4.69) is 284 Å². The summed E-state index contributed by atoms with van der Waals surface area (Å²) in [6.07, 6.45) is 0. The molecule has 18 rings (SSSR count). The number of fused-ring (bicyclic) bond motifs is 12. The molecule has 6 heterocycles. The van der Waals surface area contributed by atoms with Gasteiger partial charge in [-0.2, -0.15) is 0 Å². The fourth-order valence-electron chi connectivity index (χ4n) is 18.7. The third kappa shape index (κ3) is 8.47. The van der Waals surface area contributed by atoms with Crippen molar-refractivity contribution in [2.45, 2.75) is 104 Å². The third-order valence-corrected chi connectivity index (χ3v) is 21.7. The van der Waals surface area contributed by atoms with Gasteiger partial charge in [0.25, 0.3) is 20.1 Å². The lowest BCUT2D eigenvalue weighted by molar-refractivity contribution is 0.464. The highest BCUT2D eigenvalue weighted by Crippen LogP contribution is 2.52. The molecule has 12 aromatic carbocycles. The summed E-state index contributed by atoms with van der Waals surface area (Å²) in [5, 5.41) is 0. The van der Waals surface area contributed by atoms with Gasteiger partial charge < -0.3 is 28.7 Å². The predicted molar refractivity (Wildman–Crippen MR) is 403 cm³/mol. The standard InChI is InChI=1S/C87H73B3N2O4/c1-44-24-49(6)80(50(7)25-44)59-34-70-83-71(35-59)92(87-57(14)32-48(5)33-58(87)15)69-43-75-67(89-63-21-17-19-23-73(63)94-77-37-61(39-79(96-75)85(77)89)82-53(10)28-46(3)29-54(82)11)41-65(69)90(83)64-40-66-74(42-68(64)91(70)86-55(12)30-47(4)31-56(86)13)95-78-38-60(81-51(8)26-45(2)27-52(81)9)36-76-84(78)88(66)62-20-16-18-22-72(62)93-76/h16-43H,1-15H3. The number of rotatable bonds is 5. The second-order valence-corrected chi connectivity index (χ2v) is 28.9. The van der Waals surface area contributed by atoms with Gasteiger partial charge in [-0.3, -0.25) is 0 Å². The summed E-state index contributed by atoms with van der Waals surface area (Å²) in [7, 11) is 0. The van der Waals surface area contributed by atoms with Gasteiger partial charge >= 0.3 is 0 Å². The first-order chi connectivity index (χ1) is 46.2. The summed E-state index contributed by atoms with van der Waals surface area (Å²) in [4.78, 5) is 5.25. The first-order valence-electron chi connectivity index (χ1n) is 34.0. The number of hydrogen-bond acceptors (Lipinski definition) is 6. The minimum absolute atomic E-state index is 0.198. The summed E-state index contributed by atoms with van der Waals surface area (Å²) >= 11 is 0. The first-order valence-corrected chi connectivity index (χ1v) is 34.0. The lowest BCUT2D eigenvalue weighted by Gasteiger charge is -2.47. The number of nitrogens with zero attached hydrogens (tertiary/aromatic N) is 2. The van der Waals surface area contributed by atoms with Crippen molar-refractivity contribution in [3.8, 4) is 79.4 Å². The Balaban J connectivity index is 0.965. The molecule has 6 aliphatic heterocycles. The molecule has 0 fully saturated rings. The fourth-order valence-corrected chi connectivity index (χ4v) is 18.7. The van der Waals surface area contributed by atoms with Crippen molar-refractivity contribution in [3.63, 3.8) is 0 Å². The van der Waals surface area contributed by atoms with Crippen LogP contribution in [-0.2, 0) is 0 Å². The normalized spacial score (nSPS) is 13.6. The molecule has 0 amide bonds. The van der Waals surface area contributed by atoms with Gasteiger partial charge in [-0.05, 0) is 280 Å². The molecule has 96 heavy (non-hydrogen) atoms. The highest BCUT2D eigenvalue weighted by atomic mass is 16.5. The van der Waals surface area contributed by atoms with Crippen LogP contribution in [0.1, 0.15) is 83.5 Å². The van der Waals surface area contributed by atoms with Crippen LogP contribution in [0.4, 0.5) is 34.1 Å². The van der Waals surface area contributed by atoms with Gasteiger partial charge in [-0.25, -0.2) is 0 Å². The van der Waals surface area contributed by atoms with E-state index in [1.807, 2.05) is 0 Å². The van der Waals surface area contributed by atoms with Crippen LogP contribution in [0.15, 0.2) is 170 Å². The minimum atomic E-state index is -0.286. The third-order valence-electron chi connectivity index (χ3n) is 21.7. The molecular weight excluding hydrogens is 1170 g/mol. The van der Waals surface area contributed by atoms with Crippen LogP contribution in [0.25, 0.3) is 33.4 Å². The molecule has 0 unspecified atom stereocenters. The van der Waals surface area contributed by atoms with Crippen molar-refractivity contribution in [1.29, 1.82) is 0 Å². The zero-order valence-corrected chi connectivity index (χ0v) is 57.4. The van der Waals surface area contributed by atoms with Gasteiger partial charge in [0.1, 0.15) is 46.0 Å². The molecule has 0 aromatic heterocycles. The maximum Gasteiger partial charge on any atom is 0.260 e. The second kappa shape index (κ2) is 20.8. The zero-order chi connectivity index (χ0) is 65.9. The molecule has 0 atom stereocenters. The Kier molecular flexibility index (Phi) is 12.6. The molecule has 6 aliphatic rings. The van der Waals surface area contributed by atoms with Crippen LogP contribution < -0.4 is 77.9 Å². The van der Waals surface area contributed by atoms with Gasteiger partial charge in [0.05, 0.1) is 11.4 Å². The smallest absolute Gasteiger partial charge is 0.260 e. The number of benzene rings is 12. The Morgan fingerprint density at radius 1 is 0.229 bits per heavy atom. The van der Waals surface area contributed by atoms with Crippen LogP contribution in [0.5, 0.6) is 46.0 Å². The lowest BCUT2D eigenvalue weighted by atomic mass is 9.29. The van der Waals surface area contributed by atoms with E-state index in [0.717, 1.165) is 130 Å². The zero-order valence-electron chi connectivity index (χ0n) is 57.4. The van der Waals surface area contributed by atoms with Crippen molar-refractivity contribution >= 4 is 103 Å². The van der Waals surface area contributed by atoms with E-state index in [-0.39, 0.29) is 20.1 Å². The quantitative estimate of drug-likeness (QED) is 0.160. The van der Waals surface area contributed by atoms with E-state index in [1.54, 1.807) is 0 Å². The Labute approximate surface area is 565 Å². The average Bonchev–Trinajstić information content (AvgIpc) is 0.683. The Bertz CT molecular complexity index is 5120. The molecule has 0 aliphatic carbocycles. The lowest BCUT2D eigenvalue weighted by Crippen LogP contribution is -2.65. The van der Waals surface area contributed by atoms with Crippen molar-refractivity contribution in [2.75, 3.05) is 9.80 Å². The SMILES string of the molecule is Cc1cc(C)c(-c2cc3c4c(c2)Oc2cc5c(cc2B4c2ccccc2O3)B2c3cc4c(cc3N(c3c(C)cc(C)cc3C)c3cc(-c6c(C)cc(C)cc6C)cc(c32)N5c2c(C)cc(C)cc2C)Oc2cc(-c3c(C)cc(C)cc3C)cc3c2B4c2ccccc2O3)c(C)c1. The van der Waals surface area contributed by atoms with E-state index in [4.69, 9.17) is 18.9 Å². The summed E-state index contributed by atoms with van der Waals surface area (Å²) in [5.74, 6) is 6.67. The Hall–Kier alpha value is -10.4. The maximum atomic E-state index is 7.64. The maximum absolute atomic E-state index is 7.64. The largest absolute Gasteiger partial charge is 0.458 e. The van der Waals surface area contributed by atoms with Crippen molar-refractivity contribution in [2.24, 2.45) is 0 Å². The summed E-state index contributed by atoms with van der Waals surface area (Å²) in [6, 6.07) is 64.6. The number of aryl methyl sites for hydroxylation is 15. The molecule has 0 bridgehead atoms. The minimum Gasteiger partial charge on any atom is -0.458 e. The van der Waals surface area contributed by atoms with E-state index >= 15 is 0 Å².